The summed E-state index contributed by atoms with van der Waals surface area (Å²) in [6, 6.07) is -1.08. The Morgan fingerprint density at radius 2 is 1.88 bits per heavy atom. The first-order valence-corrected chi connectivity index (χ1v) is 5.09. The van der Waals surface area contributed by atoms with Gasteiger partial charge in [0.2, 0.25) is 5.91 Å². The molecule has 0 fully saturated rings. The third kappa shape index (κ3) is 7.29. The van der Waals surface area contributed by atoms with Gasteiger partial charge in [0, 0.05) is 20.0 Å². The third-order valence-electron chi connectivity index (χ3n) is 2.03. The third-order valence-corrected chi connectivity index (χ3v) is 2.03. The lowest BCUT2D eigenvalue weighted by molar-refractivity contribution is -0.144. The zero-order valence-electron chi connectivity index (χ0n) is 9.89. The zero-order valence-corrected chi connectivity index (χ0v) is 9.89. The average molecular weight is 247 g/mol. The zero-order chi connectivity index (χ0) is 13.3. The van der Waals surface area contributed by atoms with Crippen molar-refractivity contribution in [1.82, 2.24) is 5.32 Å². The van der Waals surface area contributed by atoms with Crippen LogP contribution in [-0.2, 0) is 23.9 Å². The van der Waals surface area contributed by atoms with Gasteiger partial charge < -0.3 is 19.9 Å². The molecule has 0 radical (unpaired) electrons. The van der Waals surface area contributed by atoms with Crippen molar-refractivity contribution in [3.63, 3.8) is 0 Å². The van der Waals surface area contributed by atoms with E-state index in [1.165, 1.54) is 14.2 Å². The van der Waals surface area contributed by atoms with E-state index < -0.39 is 23.9 Å². The molecule has 0 saturated carbocycles. The average Bonchev–Trinajstić information content (AvgIpc) is 2.30. The molecule has 0 aromatic heterocycles. The lowest BCUT2D eigenvalue weighted by Crippen LogP contribution is -2.41. The molecule has 0 spiro atoms. The molecule has 0 rings (SSSR count). The Morgan fingerprint density at radius 3 is 2.35 bits per heavy atom. The number of nitrogens with one attached hydrogen (secondary N) is 1. The number of rotatable bonds is 8. The van der Waals surface area contributed by atoms with E-state index in [0.717, 1.165) is 0 Å². The normalized spacial score (nSPS) is 11.6. The van der Waals surface area contributed by atoms with Crippen LogP contribution in [0.3, 0.4) is 0 Å². The van der Waals surface area contributed by atoms with Gasteiger partial charge in [-0.15, -0.1) is 0 Å². The summed E-state index contributed by atoms with van der Waals surface area (Å²) >= 11 is 0. The predicted octanol–water partition coefficient (Wildman–Crippen LogP) is -0.454. The topological polar surface area (TPSA) is 102 Å². The minimum atomic E-state index is -1.18. The SMILES string of the molecule is COCCC(=O)N[C@@H](CCC(=O)OC)C(=O)O. The molecule has 98 valence electrons. The molecule has 0 saturated heterocycles. The number of carbonyl (C=O) groups excluding carboxylic acids is 2. The fraction of sp³-hybridized carbons (Fsp3) is 0.700. The number of methoxy groups -OCH3 is 2. The summed E-state index contributed by atoms with van der Waals surface area (Å²) in [5.41, 5.74) is 0. The summed E-state index contributed by atoms with van der Waals surface area (Å²) in [4.78, 5) is 32.9. The van der Waals surface area contributed by atoms with Crippen molar-refractivity contribution in [2.24, 2.45) is 0 Å². The van der Waals surface area contributed by atoms with Gasteiger partial charge in [-0.25, -0.2) is 4.79 Å². The van der Waals surface area contributed by atoms with Crippen molar-refractivity contribution in [3.8, 4) is 0 Å². The van der Waals surface area contributed by atoms with E-state index in [9.17, 15) is 14.4 Å². The number of carbonyl (C=O) groups is 3. The quantitative estimate of drug-likeness (QED) is 0.563. The van der Waals surface area contributed by atoms with Gasteiger partial charge in [0.05, 0.1) is 13.7 Å². The van der Waals surface area contributed by atoms with Crippen LogP contribution in [0.25, 0.3) is 0 Å². The highest BCUT2D eigenvalue weighted by Crippen LogP contribution is 2.00. The Labute approximate surface area is 99.1 Å². The molecule has 0 aliphatic carbocycles. The second-order valence-electron chi connectivity index (χ2n) is 3.32. The number of carboxylic acids is 1. The predicted molar refractivity (Wildman–Crippen MR) is 57.3 cm³/mol. The molecular weight excluding hydrogens is 230 g/mol. The van der Waals surface area contributed by atoms with Crippen molar-refractivity contribution >= 4 is 17.8 Å². The first-order valence-electron chi connectivity index (χ1n) is 5.09. The van der Waals surface area contributed by atoms with Crippen LogP contribution in [0.15, 0.2) is 0 Å². The van der Waals surface area contributed by atoms with E-state index in [1.807, 2.05) is 0 Å². The number of ether oxygens (including phenoxy) is 2. The van der Waals surface area contributed by atoms with Crippen LogP contribution in [0.5, 0.6) is 0 Å². The van der Waals surface area contributed by atoms with Gasteiger partial charge in [-0.1, -0.05) is 0 Å². The van der Waals surface area contributed by atoms with E-state index in [4.69, 9.17) is 5.11 Å². The maximum atomic E-state index is 11.3. The second-order valence-corrected chi connectivity index (χ2v) is 3.32. The molecule has 7 heteroatoms. The van der Waals surface area contributed by atoms with E-state index in [-0.39, 0.29) is 25.9 Å². The summed E-state index contributed by atoms with van der Waals surface area (Å²) in [6.07, 6.45) is 0.0251. The summed E-state index contributed by atoms with van der Waals surface area (Å²) in [5.74, 6) is -2.12. The first kappa shape index (κ1) is 15.4. The van der Waals surface area contributed by atoms with Gasteiger partial charge in [-0.3, -0.25) is 9.59 Å². The van der Waals surface area contributed by atoms with Crippen molar-refractivity contribution < 1.29 is 29.0 Å². The monoisotopic (exact) mass is 247 g/mol. The number of carboxylic acid groups (broad SMARTS) is 1. The van der Waals surface area contributed by atoms with Gasteiger partial charge in [-0.05, 0) is 6.42 Å². The van der Waals surface area contributed by atoms with Crippen LogP contribution in [0.1, 0.15) is 19.3 Å². The molecule has 0 aromatic carbocycles. The second kappa shape index (κ2) is 8.51. The minimum absolute atomic E-state index is 0.000723. The van der Waals surface area contributed by atoms with Crippen LogP contribution < -0.4 is 5.32 Å². The molecule has 2 N–H and O–H groups in total. The van der Waals surface area contributed by atoms with Gasteiger partial charge in [0.15, 0.2) is 0 Å². The maximum absolute atomic E-state index is 11.3. The first-order chi connectivity index (χ1) is 8.01. The van der Waals surface area contributed by atoms with E-state index in [2.05, 4.69) is 14.8 Å². The molecule has 1 atom stereocenters. The van der Waals surface area contributed by atoms with Gasteiger partial charge >= 0.3 is 11.9 Å². The Hall–Kier alpha value is -1.63. The lowest BCUT2D eigenvalue weighted by atomic mass is 10.1. The smallest absolute Gasteiger partial charge is 0.326 e. The highest BCUT2D eigenvalue weighted by atomic mass is 16.5. The van der Waals surface area contributed by atoms with Crippen LogP contribution in [-0.4, -0.2) is 49.8 Å². The Morgan fingerprint density at radius 1 is 1.24 bits per heavy atom. The summed E-state index contributed by atoms with van der Waals surface area (Å²) < 4.78 is 9.07. The molecule has 1 amide bonds. The standard InChI is InChI=1S/C10H17NO6/c1-16-6-5-8(12)11-7(10(14)15)3-4-9(13)17-2/h7H,3-6H2,1-2H3,(H,11,12)(H,14,15)/t7-/m0/s1. The fourth-order valence-electron chi connectivity index (χ4n) is 1.08. The molecule has 0 bridgehead atoms. The van der Waals surface area contributed by atoms with E-state index in [1.54, 1.807) is 0 Å². The molecular formula is C10H17NO6. The molecule has 17 heavy (non-hydrogen) atoms. The molecule has 0 aliphatic rings. The van der Waals surface area contributed by atoms with Crippen LogP contribution in [0.2, 0.25) is 0 Å². The summed E-state index contributed by atoms with van der Waals surface area (Å²) in [5, 5.41) is 11.1. The molecule has 0 aromatic rings. The van der Waals surface area contributed by atoms with Crippen molar-refractivity contribution in [2.75, 3.05) is 20.8 Å². The van der Waals surface area contributed by atoms with Crippen LogP contribution in [0, 0.1) is 0 Å². The Balaban J connectivity index is 4.10. The fourth-order valence-corrected chi connectivity index (χ4v) is 1.08. The molecule has 0 heterocycles. The Kier molecular flexibility index (Phi) is 7.70. The molecule has 0 aliphatic heterocycles. The number of amides is 1. The lowest BCUT2D eigenvalue weighted by Gasteiger charge is -2.13. The minimum Gasteiger partial charge on any atom is -0.480 e. The number of aliphatic carboxylic acids is 1. The van der Waals surface area contributed by atoms with E-state index >= 15 is 0 Å². The largest absolute Gasteiger partial charge is 0.480 e. The molecule has 7 nitrogen and oxygen atoms in total. The number of esters is 1. The van der Waals surface area contributed by atoms with E-state index in [0.29, 0.717) is 0 Å². The van der Waals surface area contributed by atoms with Crippen molar-refractivity contribution in [3.05, 3.63) is 0 Å². The highest BCUT2D eigenvalue weighted by Gasteiger charge is 2.20. The van der Waals surface area contributed by atoms with Crippen molar-refractivity contribution in [1.29, 1.82) is 0 Å². The summed E-state index contributed by atoms with van der Waals surface area (Å²) in [7, 11) is 2.66. The van der Waals surface area contributed by atoms with Gasteiger partial charge in [-0.2, -0.15) is 0 Å². The number of hydrogen-bond acceptors (Lipinski definition) is 5. The molecule has 0 unspecified atom stereocenters. The van der Waals surface area contributed by atoms with Crippen molar-refractivity contribution in [2.45, 2.75) is 25.3 Å². The van der Waals surface area contributed by atoms with Gasteiger partial charge in [0.1, 0.15) is 6.04 Å². The maximum Gasteiger partial charge on any atom is 0.326 e. The highest BCUT2D eigenvalue weighted by molar-refractivity contribution is 5.84. The van der Waals surface area contributed by atoms with Crippen LogP contribution in [0.4, 0.5) is 0 Å². The summed E-state index contributed by atoms with van der Waals surface area (Å²) in [6.45, 7) is 0.217. The Bertz CT molecular complexity index is 278. The number of hydrogen-bond donors (Lipinski definition) is 2. The van der Waals surface area contributed by atoms with Gasteiger partial charge in [0.25, 0.3) is 0 Å². The van der Waals surface area contributed by atoms with Crippen LogP contribution >= 0.6 is 0 Å².